The lowest BCUT2D eigenvalue weighted by atomic mass is 10.3. The summed E-state index contributed by atoms with van der Waals surface area (Å²) in [5.74, 6) is -1.15. The third-order valence-electron chi connectivity index (χ3n) is 1.21. The third-order valence-corrected chi connectivity index (χ3v) is 1.21. The number of hydrogen-bond acceptors (Lipinski definition) is 3. The average Bonchev–Trinajstić information content (AvgIpc) is 2.01. The van der Waals surface area contributed by atoms with Gasteiger partial charge >= 0.3 is 12.0 Å². The first-order valence-corrected chi connectivity index (χ1v) is 3.92. The van der Waals surface area contributed by atoms with Gasteiger partial charge in [-0.2, -0.15) is 0 Å². The van der Waals surface area contributed by atoms with Gasteiger partial charge in [0.05, 0.1) is 0 Å². The molecular weight excluding hydrogens is 188 g/mol. The largest absolute Gasteiger partial charge is 0.479 e. The Kier molecular flexibility index (Phi) is 5.31. The van der Waals surface area contributed by atoms with E-state index < -0.39 is 18.6 Å². The number of amides is 2. The molecule has 2 N–H and O–H groups in total. The maximum absolute atomic E-state index is 11.1. The molecule has 0 aromatic heterocycles. The van der Waals surface area contributed by atoms with E-state index in [2.05, 4.69) is 11.4 Å². The van der Waals surface area contributed by atoms with Crippen LogP contribution in [0.3, 0.4) is 0 Å². The van der Waals surface area contributed by atoms with E-state index in [1.165, 1.54) is 4.90 Å². The van der Waals surface area contributed by atoms with Crippen molar-refractivity contribution in [3.05, 3.63) is 12.2 Å². The van der Waals surface area contributed by atoms with E-state index in [-0.39, 0.29) is 0 Å². The molecule has 0 spiro atoms. The molecule has 0 atom stereocenters. The molecule has 0 rings (SSSR count). The fourth-order valence-corrected chi connectivity index (χ4v) is 0.714. The molecule has 80 valence electrons. The lowest BCUT2D eigenvalue weighted by Gasteiger charge is -2.16. The van der Waals surface area contributed by atoms with Gasteiger partial charge in [-0.1, -0.05) is 12.2 Å². The second-order valence-corrected chi connectivity index (χ2v) is 2.90. The highest BCUT2D eigenvalue weighted by Crippen LogP contribution is 1.92. The minimum Gasteiger partial charge on any atom is -0.479 e. The Balaban J connectivity index is 3.73. The Morgan fingerprint density at radius 2 is 2.14 bits per heavy atom. The number of nitrogens with one attached hydrogen (secondary N) is 1. The molecule has 14 heavy (non-hydrogen) atoms. The molecule has 0 unspecified atom stereocenters. The van der Waals surface area contributed by atoms with E-state index in [0.29, 0.717) is 6.54 Å². The number of rotatable bonds is 5. The predicted molar refractivity (Wildman–Crippen MR) is 49.6 cm³/mol. The molecule has 0 aromatic rings. The van der Waals surface area contributed by atoms with Crippen LogP contribution in [0.1, 0.15) is 6.92 Å². The summed E-state index contributed by atoms with van der Waals surface area (Å²) in [4.78, 5) is 26.9. The Morgan fingerprint density at radius 3 is 2.57 bits per heavy atom. The summed E-state index contributed by atoms with van der Waals surface area (Å²) < 4.78 is 0. The summed E-state index contributed by atoms with van der Waals surface area (Å²) in [6, 6.07) is -0.505. The zero-order valence-corrected chi connectivity index (χ0v) is 8.24. The molecule has 0 aliphatic heterocycles. The van der Waals surface area contributed by atoms with Gasteiger partial charge in [0.15, 0.2) is 6.61 Å². The van der Waals surface area contributed by atoms with Crippen LogP contribution in [0.15, 0.2) is 12.2 Å². The van der Waals surface area contributed by atoms with Crippen molar-refractivity contribution in [3.63, 3.8) is 0 Å². The van der Waals surface area contributed by atoms with Gasteiger partial charge in [-0.05, 0) is 6.92 Å². The molecule has 0 saturated carbocycles. The van der Waals surface area contributed by atoms with E-state index in [1.54, 1.807) is 14.0 Å². The SMILES string of the molecule is C=C(C)CN(C)C(=O)NOCC(=O)O. The normalized spacial score (nSPS) is 9.29. The first kappa shape index (κ1) is 12.4. The number of likely N-dealkylation sites (N-methyl/N-ethyl adjacent to an activating group) is 1. The van der Waals surface area contributed by atoms with Crippen LogP contribution in [0.4, 0.5) is 4.79 Å². The highest BCUT2D eigenvalue weighted by molar-refractivity contribution is 5.73. The zero-order valence-electron chi connectivity index (χ0n) is 8.24. The van der Waals surface area contributed by atoms with Gasteiger partial charge in [-0.15, -0.1) is 0 Å². The summed E-state index contributed by atoms with van der Waals surface area (Å²) in [6.45, 7) is 5.24. The lowest BCUT2D eigenvalue weighted by molar-refractivity contribution is -0.144. The minimum absolute atomic E-state index is 0.391. The predicted octanol–water partition coefficient (Wildman–Crippen LogP) is 0.220. The van der Waals surface area contributed by atoms with Gasteiger partial charge in [-0.25, -0.2) is 15.1 Å². The molecule has 0 saturated heterocycles. The Labute approximate surface area is 82.1 Å². The summed E-state index contributed by atoms with van der Waals surface area (Å²) in [7, 11) is 1.55. The van der Waals surface area contributed by atoms with Gasteiger partial charge in [-0.3, -0.25) is 4.84 Å². The van der Waals surface area contributed by atoms with Crippen molar-refractivity contribution in [1.29, 1.82) is 0 Å². The number of urea groups is 1. The van der Waals surface area contributed by atoms with Gasteiger partial charge in [0.2, 0.25) is 0 Å². The van der Waals surface area contributed by atoms with Crippen molar-refractivity contribution >= 4 is 12.0 Å². The van der Waals surface area contributed by atoms with Crippen LogP contribution in [0, 0.1) is 0 Å². The smallest absolute Gasteiger partial charge is 0.341 e. The van der Waals surface area contributed by atoms with Crippen molar-refractivity contribution in [2.75, 3.05) is 20.2 Å². The molecule has 0 fully saturated rings. The molecule has 6 heteroatoms. The Morgan fingerprint density at radius 1 is 1.57 bits per heavy atom. The number of carbonyl (C=O) groups is 2. The van der Waals surface area contributed by atoms with Crippen molar-refractivity contribution < 1.29 is 19.5 Å². The van der Waals surface area contributed by atoms with Crippen LogP contribution in [0.25, 0.3) is 0 Å². The second-order valence-electron chi connectivity index (χ2n) is 2.90. The highest BCUT2D eigenvalue weighted by Gasteiger charge is 2.08. The van der Waals surface area contributed by atoms with Crippen LogP contribution in [-0.2, 0) is 9.63 Å². The summed E-state index contributed by atoms with van der Waals surface area (Å²) >= 11 is 0. The molecule has 0 aliphatic carbocycles. The van der Waals surface area contributed by atoms with E-state index in [9.17, 15) is 9.59 Å². The van der Waals surface area contributed by atoms with Crippen LogP contribution in [-0.4, -0.2) is 42.2 Å². The van der Waals surface area contributed by atoms with Crippen LogP contribution in [0.5, 0.6) is 0 Å². The number of carboxylic acids is 1. The van der Waals surface area contributed by atoms with E-state index in [0.717, 1.165) is 5.57 Å². The van der Waals surface area contributed by atoms with Gasteiger partial charge in [0.1, 0.15) is 0 Å². The summed E-state index contributed by atoms with van der Waals surface area (Å²) in [5, 5.41) is 8.21. The quantitative estimate of drug-likeness (QED) is 0.493. The highest BCUT2D eigenvalue weighted by atomic mass is 16.7. The summed E-state index contributed by atoms with van der Waals surface area (Å²) in [6.07, 6.45) is 0. The monoisotopic (exact) mass is 202 g/mol. The van der Waals surface area contributed by atoms with Crippen molar-refractivity contribution in [3.8, 4) is 0 Å². The molecule has 2 amide bonds. The lowest BCUT2D eigenvalue weighted by Crippen LogP contribution is -2.38. The molecule has 0 aromatic carbocycles. The number of carbonyl (C=O) groups excluding carboxylic acids is 1. The van der Waals surface area contributed by atoms with E-state index >= 15 is 0 Å². The van der Waals surface area contributed by atoms with Crippen molar-refractivity contribution in [2.45, 2.75) is 6.92 Å². The zero-order chi connectivity index (χ0) is 11.1. The molecule has 0 radical (unpaired) electrons. The van der Waals surface area contributed by atoms with Crippen molar-refractivity contribution in [2.24, 2.45) is 0 Å². The van der Waals surface area contributed by atoms with Crippen LogP contribution in [0.2, 0.25) is 0 Å². The molecule has 0 aliphatic rings. The first-order chi connectivity index (χ1) is 6.43. The second kappa shape index (κ2) is 5.98. The molecule has 6 nitrogen and oxygen atoms in total. The molecule has 0 bridgehead atoms. The molecule has 0 heterocycles. The van der Waals surface area contributed by atoms with E-state index in [1.807, 2.05) is 5.48 Å². The summed E-state index contributed by atoms with van der Waals surface area (Å²) in [5.41, 5.74) is 2.80. The number of nitrogens with zero attached hydrogens (tertiary/aromatic N) is 1. The topological polar surface area (TPSA) is 78.9 Å². The number of hydroxylamine groups is 1. The van der Waals surface area contributed by atoms with Crippen LogP contribution < -0.4 is 5.48 Å². The average molecular weight is 202 g/mol. The third kappa shape index (κ3) is 6.01. The number of carboxylic acid groups (broad SMARTS) is 1. The Bertz CT molecular complexity index is 239. The number of hydrogen-bond donors (Lipinski definition) is 2. The first-order valence-electron chi connectivity index (χ1n) is 3.92. The fourth-order valence-electron chi connectivity index (χ4n) is 0.714. The Hall–Kier alpha value is -1.56. The standard InChI is InChI=1S/C8H14N2O4/c1-6(2)4-10(3)8(13)9-14-5-7(11)12/h1,4-5H2,2-3H3,(H,9,13)(H,11,12). The minimum atomic E-state index is -1.15. The van der Waals surface area contributed by atoms with Crippen molar-refractivity contribution in [1.82, 2.24) is 10.4 Å². The fraction of sp³-hybridized carbons (Fsp3) is 0.500. The maximum atomic E-state index is 11.1. The molecular formula is C8H14N2O4. The van der Waals surface area contributed by atoms with Crippen LogP contribution >= 0.6 is 0 Å². The van der Waals surface area contributed by atoms with Gasteiger partial charge in [0, 0.05) is 13.6 Å². The maximum Gasteiger partial charge on any atom is 0.341 e. The van der Waals surface area contributed by atoms with Gasteiger partial charge < -0.3 is 10.0 Å². The van der Waals surface area contributed by atoms with E-state index in [4.69, 9.17) is 5.11 Å². The number of aliphatic carboxylic acids is 1. The van der Waals surface area contributed by atoms with Gasteiger partial charge in [0.25, 0.3) is 0 Å².